The first kappa shape index (κ1) is 18.1. The molecule has 1 N–H and O–H groups in total. The highest BCUT2D eigenvalue weighted by atomic mass is 16.5. The van der Waals surface area contributed by atoms with Crippen molar-refractivity contribution in [2.24, 2.45) is 0 Å². The molecule has 0 bridgehead atoms. The number of Topliss-reactive ketones (excluding diaryl/α,β-unsaturated/α-hetero) is 1. The molecule has 1 fully saturated rings. The number of nitrogens with one attached hydrogen (secondary N) is 1. The van der Waals surface area contributed by atoms with Crippen LogP contribution in [0.1, 0.15) is 47.2 Å². The van der Waals surface area contributed by atoms with Crippen LogP contribution in [0.15, 0.2) is 18.2 Å². The molecule has 0 saturated carbocycles. The molecular formula is C20H28N2O3. The third kappa shape index (κ3) is 5.38. The first-order valence-electron chi connectivity index (χ1n) is 9.44. The first-order chi connectivity index (χ1) is 12.2. The van der Waals surface area contributed by atoms with Crippen LogP contribution in [-0.4, -0.2) is 56.0 Å². The molecule has 1 aromatic rings. The largest absolute Gasteiger partial charge is 0.379 e. The Bertz CT molecular complexity index is 609. The van der Waals surface area contributed by atoms with E-state index < -0.39 is 0 Å². The van der Waals surface area contributed by atoms with Crippen LogP contribution >= 0.6 is 0 Å². The van der Waals surface area contributed by atoms with Gasteiger partial charge in [0, 0.05) is 38.0 Å². The van der Waals surface area contributed by atoms with E-state index in [0.717, 1.165) is 57.7 Å². The highest BCUT2D eigenvalue weighted by molar-refractivity contribution is 5.98. The van der Waals surface area contributed by atoms with Crippen LogP contribution in [0.3, 0.4) is 0 Å². The summed E-state index contributed by atoms with van der Waals surface area (Å²) in [7, 11) is 0. The molecule has 5 heteroatoms. The van der Waals surface area contributed by atoms with Gasteiger partial charge in [-0.3, -0.25) is 14.5 Å². The number of ether oxygens (including phenoxy) is 1. The average molecular weight is 344 g/mol. The number of fused-ring (bicyclic) bond motifs is 1. The lowest BCUT2D eigenvalue weighted by Gasteiger charge is -2.26. The van der Waals surface area contributed by atoms with E-state index >= 15 is 0 Å². The van der Waals surface area contributed by atoms with Crippen molar-refractivity contribution in [2.45, 2.75) is 38.5 Å². The van der Waals surface area contributed by atoms with Crippen LogP contribution < -0.4 is 5.32 Å². The van der Waals surface area contributed by atoms with Gasteiger partial charge < -0.3 is 10.1 Å². The van der Waals surface area contributed by atoms with Gasteiger partial charge in [-0.2, -0.15) is 0 Å². The Hall–Kier alpha value is -1.72. The summed E-state index contributed by atoms with van der Waals surface area (Å²) in [5.74, 6) is 0.0367. The normalized spacial score (nSPS) is 17.3. The lowest BCUT2D eigenvalue weighted by atomic mass is 10.0. The molecular weight excluding hydrogens is 316 g/mol. The van der Waals surface area contributed by atoms with E-state index in [1.54, 1.807) is 0 Å². The Balaban J connectivity index is 1.32. The minimum absolute atomic E-state index is 0.0310. The zero-order valence-electron chi connectivity index (χ0n) is 14.9. The van der Waals surface area contributed by atoms with Gasteiger partial charge in [-0.15, -0.1) is 0 Å². The first-order valence-corrected chi connectivity index (χ1v) is 9.44. The number of carbonyl (C=O) groups excluding carboxylic acids is 2. The van der Waals surface area contributed by atoms with E-state index in [9.17, 15) is 9.59 Å². The van der Waals surface area contributed by atoms with E-state index in [2.05, 4.69) is 16.3 Å². The SMILES string of the molecule is O=C(CCC(=O)c1ccc2c(c1)CCC2)NCCCN1CCOCC1. The fourth-order valence-electron chi connectivity index (χ4n) is 3.56. The molecule has 1 aromatic carbocycles. The number of nitrogens with zero attached hydrogens (tertiary/aromatic N) is 1. The van der Waals surface area contributed by atoms with Crippen molar-refractivity contribution in [1.82, 2.24) is 10.2 Å². The molecule has 0 atom stereocenters. The summed E-state index contributed by atoms with van der Waals surface area (Å²) in [4.78, 5) is 26.6. The maximum absolute atomic E-state index is 12.3. The Morgan fingerprint density at radius 2 is 1.88 bits per heavy atom. The summed E-state index contributed by atoms with van der Waals surface area (Å²) in [6.45, 7) is 5.21. The predicted octanol–water partition coefficient (Wildman–Crippen LogP) is 1.98. The Kier molecular flexibility index (Phi) is 6.59. The molecule has 1 amide bonds. The molecule has 0 spiro atoms. The summed E-state index contributed by atoms with van der Waals surface area (Å²) >= 11 is 0. The van der Waals surface area contributed by atoms with Crippen LogP contribution in [0.25, 0.3) is 0 Å². The quantitative estimate of drug-likeness (QED) is 0.579. The van der Waals surface area contributed by atoms with Crippen molar-refractivity contribution in [3.63, 3.8) is 0 Å². The second-order valence-corrected chi connectivity index (χ2v) is 6.92. The lowest BCUT2D eigenvalue weighted by Crippen LogP contribution is -2.38. The maximum atomic E-state index is 12.3. The van der Waals surface area contributed by atoms with Gasteiger partial charge in [0.25, 0.3) is 0 Å². The average Bonchev–Trinajstić information content (AvgIpc) is 3.12. The minimum Gasteiger partial charge on any atom is -0.379 e. The summed E-state index contributed by atoms with van der Waals surface area (Å²) in [6, 6.07) is 6.00. The van der Waals surface area contributed by atoms with Gasteiger partial charge in [0.2, 0.25) is 5.91 Å². The van der Waals surface area contributed by atoms with Crippen LogP contribution in [-0.2, 0) is 22.4 Å². The highest BCUT2D eigenvalue weighted by Gasteiger charge is 2.15. The monoisotopic (exact) mass is 344 g/mol. The molecule has 1 heterocycles. The van der Waals surface area contributed by atoms with Gasteiger partial charge >= 0.3 is 0 Å². The van der Waals surface area contributed by atoms with Crippen molar-refractivity contribution in [1.29, 1.82) is 0 Å². The molecule has 1 aliphatic carbocycles. The third-order valence-electron chi connectivity index (χ3n) is 5.08. The van der Waals surface area contributed by atoms with E-state index in [4.69, 9.17) is 4.74 Å². The van der Waals surface area contributed by atoms with Gasteiger partial charge in [0.1, 0.15) is 0 Å². The molecule has 3 rings (SSSR count). The van der Waals surface area contributed by atoms with Crippen molar-refractivity contribution >= 4 is 11.7 Å². The lowest BCUT2D eigenvalue weighted by molar-refractivity contribution is -0.121. The number of hydrogen-bond acceptors (Lipinski definition) is 4. The smallest absolute Gasteiger partial charge is 0.220 e. The van der Waals surface area contributed by atoms with Crippen molar-refractivity contribution in [2.75, 3.05) is 39.4 Å². The van der Waals surface area contributed by atoms with Crippen molar-refractivity contribution < 1.29 is 14.3 Å². The third-order valence-corrected chi connectivity index (χ3v) is 5.08. The van der Waals surface area contributed by atoms with Gasteiger partial charge in [0.15, 0.2) is 5.78 Å². The summed E-state index contributed by atoms with van der Waals surface area (Å²) < 4.78 is 5.32. The minimum atomic E-state index is -0.0310. The molecule has 0 aromatic heterocycles. The van der Waals surface area contributed by atoms with E-state index in [-0.39, 0.29) is 24.5 Å². The van der Waals surface area contributed by atoms with Gasteiger partial charge in [0.05, 0.1) is 13.2 Å². The van der Waals surface area contributed by atoms with E-state index in [1.165, 1.54) is 17.5 Å². The number of amides is 1. The highest BCUT2D eigenvalue weighted by Crippen LogP contribution is 2.23. The number of rotatable bonds is 8. The van der Waals surface area contributed by atoms with E-state index in [1.807, 2.05) is 12.1 Å². The molecule has 0 radical (unpaired) electrons. The molecule has 136 valence electrons. The number of morpholine rings is 1. The zero-order chi connectivity index (χ0) is 17.5. The number of carbonyl (C=O) groups is 2. The summed E-state index contributed by atoms with van der Waals surface area (Å²) in [5.41, 5.74) is 3.42. The van der Waals surface area contributed by atoms with Gasteiger partial charge in [-0.05, 0) is 49.4 Å². The Morgan fingerprint density at radius 3 is 2.72 bits per heavy atom. The van der Waals surface area contributed by atoms with Crippen molar-refractivity contribution in [3.05, 3.63) is 34.9 Å². The number of aryl methyl sites for hydroxylation is 2. The Morgan fingerprint density at radius 1 is 1.08 bits per heavy atom. The van der Waals surface area contributed by atoms with E-state index in [0.29, 0.717) is 6.54 Å². The van der Waals surface area contributed by atoms with Gasteiger partial charge in [-0.1, -0.05) is 12.1 Å². The second-order valence-electron chi connectivity index (χ2n) is 6.92. The second kappa shape index (κ2) is 9.11. The fraction of sp³-hybridized carbons (Fsp3) is 0.600. The molecule has 25 heavy (non-hydrogen) atoms. The number of benzene rings is 1. The van der Waals surface area contributed by atoms with Crippen LogP contribution in [0, 0.1) is 0 Å². The molecule has 0 unspecified atom stereocenters. The Labute approximate surface area is 149 Å². The summed E-state index contributed by atoms with van der Waals surface area (Å²) in [5, 5.41) is 2.92. The molecule has 1 saturated heterocycles. The number of hydrogen-bond donors (Lipinski definition) is 1. The topological polar surface area (TPSA) is 58.6 Å². The zero-order valence-corrected chi connectivity index (χ0v) is 14.9. The van der Waals surface area contributed by atoms with Crippen LogP contribution in [0.4, 0.5) is 0 Å². The van der Waals surface area contributed by atoms with Crippen LogP contribution in [0.5, 0.6) is 0 Å². The predicted molar refractivity (Wildman–Crippen MR) is 96.9 cm³/mol. The molecule has 5 nitrogen and oxygen atoms in total. The van der Waals surface area contributed by atoms with Crippen LogP contribution in [0.2, 0.25) is 0 Å². The molecule has 2 aliphatic rings. The maximum Gasteiger partial charge on any atom is 0.220 e. The number of ketones is 1. The van der Waals surface area contributed by atoms with Crippen molar-refractivity contribution in [3.8, 4) is 0 Å². The summed E-state index contributed by atoms with van der Waals surface area (Å²) in [6.07, 6.45) is 4.86. The standard InChI is InChI=1S/C20H28N2O3/c23-19(18-6-5-16-3-1-4-17(16)15-18)7-8-20(24)21-9-2-10-22-11-13-25-14-12-22/h5-6,15H,1-4,7-14H2,(H,21,24). The van der Waals surface area contributed by atoms with Gasteiger partial charge in [-0.25, -0.2) is 0 Å². The fourth-order valence-corrected chi connectivity index (χ4v) is 3.56. The molecule has 1 aliphatic heterocycles.